The zero-order chi connectivity index (χ0) is 13.8. The third kappa shape index (κ3) is 1.52. The van der Waals surface area contributed by atoms with E-state index < -0.39 is 0 Å². The number of hydrogen-bond donors (Lipinski definition) is 0. The molecule has 0 radical (unpaired) electrons. The Morgan fingerprint density at radius 2 is 1.95 bits per heavy atom. The lowest BCUT2D eigenvalue weighted by Gasteiger charge is -2.43. The average molecular weight is 262 g/mol. The number of hydrogen-bond acceptors (Lipinski definition) is 2. The van der Waals surface area contributed by atoms with Crippen molar-refractivity contribution in [2.24, 2.45) is 28.6 Å². The highest BCUT2D eigenvalue weighted by molar-refractivity contribution is 5.82. The van der Waals surface area contributed by atoms with Crippen LogP contribution in [0, 0.1) is 28.6 Å². The number of ether oxygens (including phenoxy) is 1. The molecule has 0 aromatic heterocycles. The quantitative estimate of drug-likeness (QED) is 0.556. The summed E-state index contributed by atoms with van der Waals surface area (Å²) in [5.74, 6) is 2.24. The summed E-state index contributed by atoms with van der Waals surface area (Å²) in [7, 11) is 0. The monoisotopic (exact) mass is 262 g/mol. The molecule has 0 amide bonds. The van der Waals surface area contributed by atoms with Gasteiger partial charge in [0.05, 0.1) is 0 Å². The Hall–Kier alpha value is -0.790. The molecule has 0 aliphatic heterocycles. The molecule has 0 aromatic carbocycles. The fourth-order valence-electron chi connectivity index (χ4n) is 5.71. The van der Waals surface area contributed by atoms with Crippen molar-refractivity contribution < 1.29 is 9.53 Å². The summed E-state index contributed by atoms with van der Waals surface area (Å²) >= 11 is 0. The average Bonchev–Trinajstić information content (AvgIpc) is 2.91. The summed E-state index contributed by atoms with van der Waals surface area (Å²) in [6.45, 7) is 9.05. The molecule has 3 aliphatic rings. The van der Waals surface area contributed by atoms with Crippen LogP contribution in [0.25, 0.3) is 0 Å². The Morgan fingerprint density at radius 1 is 1.21 bits per heavy atom. The standard InChI is InChI=1S/C17H26O2/c1-5-7-15(18)19-14-10-13-11-8-6-9-12(11)17(14,4)16(13,2)3/h5,7,11-14H,6,8-10H2,1-4H3. The Kier molecular flexibility index (Phi) is 2.85. The van der Waals surface area contributed by atoms with Gasteiger partial charge in [-0.3, -0.25) is 0 Å². The predicted octanol–water partition coefficient (Wildman–Crippen LogP) is 3.96. The Morgan fingerprint density at radius 3 is 2.63 bits per heavy atom. The molecule has 5 atom stereocenters. The first-order valence-corrected chi connectivity index (χ1v) is 7.76. The van der Waals surface area contributed by atoms with E-state index in [9.17, 15) is 4.79 Å². The van der Waals surface area contributed by atoms with Crippen molar-refractivity contribution in [2.75, 3.05) is 0 Å². The minimum atomic E-state index is -0.161. The molecule has 3 saturated carbocycles. The zero-order valence-corrected chi connectivity index (χ0v) is 12.6. The van der Waals surface area contributed by atoms with Gasteiger partial charge in [0.1, 0.15) is 6.10 Å². The van der Waals surface area contributed by atoms with Gasteiger partial charge in [-0.05, 0) is 49.4 Å². The van der Waals surface area contributed by atoms with Gasteiger partial charge in [0.2, 0.25) is 0 Å². The number of carbonyl (C=O) groups is 1. The van der Waals surface area contributed by atoms with Gasteiger partial charge >= 0.3 is 5.97 Å². The van der Waals surface area contributed by atoms with Gasteiger partial charge in [-0.15, -0.1) is 0 Å². The van der Waals surface area contributed by atoms with Crippen molar-refractivity contribution in [3.63, 3.8) is 0 Å². The van der Waals surface area contributed by atoms with Crippen LogP contribution < -0.4 is 0 Å². The largest absolute Gasteiger partial charge is 0.459 e. The van der Waals surface area contributed by atoms with E-state index in [1.165, 1.54) is 19.3 Å². The van der Waals surface area contributed by atoms with Crippen molar-refractivity contribution in [1.29, 1.82) is 0 Å². The third-order valence-corrected chi connectivity index (χ3v) is 6.87. The molecular weight excluding hydrogens is 236 g/mol. The molecule has 3 rings (SSSR count). The van der Waals surface area contributed by atoms with E-state index in [-0.39, 0.29) is 17.5 Å². The fraction of sp³-hybridized carbons (Fsp3) is 0.824. The minimum absolute atomic E-state index is 0.121. The van der Waals surface area contributed by atoms with Crippen molar-refractivity contribution in [2.45, 2.75) is 59.5 Å². The normalized spacial score (nSPS) is 46.7. The van der Waals surface area contributed by atoms with Crippen molar-refractivity contribution in [3.05, 3.63) is 12.2 Å². The van der Waals surface area contributed by atoms with Gasteiger partial charge in [-0.1, -0.05) is 33.3 Å². The Bertz CT molecular complexity index is 421. The van der Waals surface area contributed by atoms with Crippen LogP contribution >= 0.6 is 0 Å². The van der Waals surface area contributed by atoms with Crippen LogP contribution in [0.15, 0.2) is 12.2 Å². The highest BCUT2D eigenvalue weighted by Gasteiger charge is 2.71. The van der Waals surface area contributed by atoms with E-state index in [4.69, 9.17) is 4.74 Å². The number of esters is 1. The molecule has 0 N–H and O–H groups in total. The molecule has 0 heterocycles. The highest BCUT2D eigenvalue weighted by Crippen LogP contribution is 2.74. The zero-order valence-electron chi connectivity index (χ0n) is 12.6. The molecule has 2 nitrogen and oxygen atoms in total. The number of rotatable bonds is 2. The second kappa shape index (κ2) is 4.10. The molecular formula is C17H26O2. The summed E-state index contributed by atoms with van der Waals surface area (Å²) < 4.78 is 5.81. The van der Waals surface area contributed by atoms with Crippen LogP contribution in [0.1, 0.15) is 53.4 Å². The second-order valence-corrected chi connectivity index (χ2v) is 7.47. The lowest BCUT2D eigenvalue weighted by atomic mass is 9.64. The van der Waals surface area contributed by atoms with Gasteiger partial charge in [0.25, 0.3) is 0 Å². The molecule has 3 aliphatic carbocycles. The van der Waals surface area contributed by atoms with E-state index in [1.54, 1.807) is 12.2 Å². The minimum Gasteiger partial charge on any atom is -0.459 e. The maximum absolute atomic E-state index is 11.8. The number of fused-ring (bicyclic) bond motifs is 5. The smallest absolute Gasteiger partial charge is 0.330 e. The molecule has 2 heteroatoms. The van der Waals surface area contributed by atoms with Crippen LogP contribution in [-0.4, -0.2) is 12.1 Å². The maximum Gasteiger partial charge on any atom is 0.330 e. The predicted molar refractivity (Wildman–Crippen MR) is 75.5 cm³/mol. The van der Waals surface area contributed by atoms with Crippen molar-refractivity contribution in [3.8, 4) is 0 Å². The van der Waals surface area contributed by atoms with E-state index >= 15 is 0 Å². The molecule has 2 bridgehead atoms. The van der Waals surface area contributed by atoms with Crippen LogP contribution in [0.3, 0.4) is 0 Å². The highest BCUT2D eigenvalue weighted by atomic mass is 16.5. The first-order valence-electron chi connectivity index (χ1n) is 7.76. The molecule has 5 unspecified atom stereocenters. The summed E-state index contributed by atoms with van der Waals surface area (Å²) in [6.07, 6.45) is 8.61. The number of carbonyl (C=O) groups excluding carboxylic acids is 1. The van der Waals surface area contributed by atoms with Gasteiger partial charge in [-0.2, -0.15) is 0 Å². The first kappa shape index (κ1) is 13.2. The van der Waals surface area contributed by atoms with Gasteiger partial charge in [0, 0.05) is 11.5 Å². The molecule has 0 saturated heterocycles. The summed E-state index contributed by atoms with van der Waals surface area (Å²) in [5, 5.41) is 0. The van der Waals surface area contributed by atoms with Gasteiger partial charge < -0.3 is 4.74 Å². The molecule has 3 fully saturated rings. The van der Waals surface area contributed by atoms with Crippen molar-refractivity contribution in [1.82, 2.24) is 0 Å². The lowest BCUT2D eigenvalue weighted by Crippen LogP contribution is -2.43. The maximum atomic E-state index is 11.8. The lowest BCUT2D eigenvalue weighted by molar-refractivity contribution is -0.154. The molecule has 106 valence electrons. The third-order valence-electron chi connectivity index (χ3n) is 6.87. The van der Waals surface area contributed by atoms with Gasteiger partial charge in [-0.25, -0.2) is 4.79 Å². The molecule has 0 aromatic rings. The van der Waals surface area contributed by atoms with Crippen LogP contribution in [0.2, 0.25) is 0 Å². The molecule has 0 spiro atoms. The topological polar surface area (TPSA) is 26.3 Å². The SMILES string of the molecule is CC=CC(=O)OC1CC2C3CCCC3C1(C)C2(C)C. The fourth-order valence-corrected chi connectivity index (χ4v) is 5.71. The number of allylic oxidation sites excluding steroid dienone is 1. The van der Waals surface area contributed by atoms with Crippen LogP contribution in [0.5, 0.6) is 0 Å². The summed E-state index contributed by atoms with van der Waals surface area (Å²) in [4.78, 5) is 11.8. The first-order chi connectivity index (χ1) is 8.92. The summed E-state index contributed by atoms with van der Waals surface area (Å²) in [5.41, 5.74) is 0.486. The van der Waals surface area contributed by atoms with E-state index in [0.717, 1.165) is 24.2 Å². The van der Waals surface area contributed by atoms with E-state index in [1.807, 2.05) is 6.92 Å². The van der Waals surface area contributed by atoms with Crippen molar-refractivity contribution >= 4 is 5.97 Å². The Labute approximate surface area is 116 Å². The summed E-state index contributed by atoms with van der Waals surface area (Å²) in [6, 6.07) is 0. The van der Waals surface area contributed by atoms with Crippen LogP contribution in [0.4, 0.5) is 0 Å². The second-order valence-electron chi connectivity index (χ2n) is 7.47. The van der Waals surface area contributed by atoms with E-state index in [0.29, 0.717) is 5.41 Å². The molecule has 19 heavy (non-hydrogen) atoms. The van der Waals surface area contributed by atoms with E-state index in [2.05, 4.69) is 20.8 Å². The van der Waals surface area contributed by atoms with Crippen LogP contribution in [-0.2, 0) is 9.53 Å². The Balaban J connectivity index is 1.88. The van der Waals surface area contributed by atoms with Gasteiger partial charge in [0.15, 0.2) is 0 Å².